The van der Waals surface area contributed by atoms with Crippen molar-refractivity contribution in [1.82, 2.24) is 4.31 Å². The quantitative estimate of drug-likeness (QED) is 0.798. The van der Waals surface area contributed by atoms with Gasteiger partial charge in [0, 0.05) is 4.90 Å². The molecule has 0 aliphatic rings. The van der Waals surface area contributed by atoms with Gasteiger partial charge in [-0.15, -0.1) is 0 Å². The fraction of sp³-hybridized carbons (Fsp3) is 0.385. The van der Waals surface area contributed by atoms with Gasteiger partial charge in [0.25, 0.3) is 0 Å². The number of primary amides is 1. The normalized spacial score (nSPS) is 12.1. The maximum Gasteiger partial charge on any atom is 0.235 e. The van der Waals surface area contributed by atoms with Crippen LogP contribution in [0.5, 0.6) is 0 Å². The molecule has 0 aliphatic heterocycles. The molecule has 4 nitrogen and oxygen atoms in total. The maximum atomic E-state index is 11.3. The Labute approximate surface area is 112 Å². The van der Waals surface area contributed by atoms with Crippen LogP contribution in [-0.4, -0.2) is 23.3 Å². The summed E-state index contributed by atoms with van der Waals surface area (Å²) in [6, 6.07) is 9.05. The van der Waals surface area contributed by atoms with E-state index in [1.54, 1.807) is 12.1 Å². The van der Waals surface area contributed by atoms with E-state index in [4.69, 9.17) is 11.0 Å². The van der Waals surface area contributed by atoms with Gasteiger partial charge in [0.1, 0.15) is 0 Å². The molecule has 0 saturated carbocycles. The minimum Gasteiger partial charge on any atom is -0.368 e. The number of benzene rings is 1. The van der Waals surface area contributed by atoms with Crippen molar-refractivity contribution >= 4 is 17.9 Å². The number of nitriles is 1. The van der Waals surface area contributed by atoms with Crippen molar-refractivity contribution in [2.75, 3.05) is 7.05 Å². The molecule has 18 heavy (non-hydrogen) atoms. The smallest absolute Gasteiger partial charge is 0.235 e. The molecule has 1 aromatic carbocycles. The molecule has 5 heteroatoms. The van der Waals surface area contributed by atoms with Gasteiger partial charge in [0.05, 0.1) is 17.7 Å². The number of likely N-dealkylation sites (N-methyl/N-ethyl adjacent to an activating group) is 1. The van der Waals surface area contributed by atoms with Crippen molar-refractivity contribution in [3.63, 3.8) is 0 Å². The Morgan fingerprint density at radius 2 is 2.11 bits per heavy atom. The Hall–Kier alpha value is -1.51. The first-order valence-electron chi connectivity index (χ1n) is 5.78. The van der Waals surface area contributed by atoms with Crippen LogP contribution < -0.4 is 5.73 Å². The molecule has 0 bridgehead atoms. The lowest BCUT2D eigenvalue weighted by Crippen LogP contribution is -2.38. The molecule has 0 saturated heterocycles. The molecule has 96 valence electrons. The molecule has 1 unspecified atom stereocenters. The number of carbonyl (C=O) groups is 1. The Bertz CT molecular complexity index is 439. The average molecular weight is 263 g/mol. The van der Waals surface area contributed by atoms with Crippen LogP contribution in [-0.2, 0) is 4.79 Å². The zero-order valence-electron chi connectivity index (χ0n) is 10.6. The molecule has 2 N–H and O–H groups in total. The zero-order chi connectivity index (χ0) is 13.5. The summed E-state index contributed by atoms with van der Waals surface area (Å²) < 4.78 is 1.87. The Morgan fingerprint density at radius 3 is 2.56 bits per heavy atom. The molecular formula is C13H17N3OS. The van der Waals surface area contributed by atoms with Crippen molar-refractivity contribution in [2.45, 2.75) is 30.7 Å². The largest absolute Gasteiger partial charge is 0.368 e. The number of hydrogen-bond donors (Lipinski definition) is 1. The standard InChI is InChI=1S/C13H17N3OS/c1-3-4-12(13(15)17)16(2)18-11-7-5-10(9-14)6-8-11/h5-8,12H,3-4H2,1-2H3,(H2,15,17). The molecule has 1 aromatic rings. The summed E-state index contributed by atoms with van der Waals surface area (Å²) in [6.07, 6.45) is 1.65. The minimum absolute atomic E-state index is 0.268. The number of carbonyl (C=O) groups excluding carboxylic acids is 1. The highest BCUT2D eigenvalue weighted by Crippen LogP contribution is 2.24. The topological polar surface area (TPSA) is 70.1 Å². The lowest BCUT2D eigenvalue weighted by Gasteiger charge is -2.23. The molecule has 1 atom stereocenters. The van der Waals surface area contributed by atoms with Crippen molar-refractivity contribution in [3.8, 4) is 6.07 Å². The summed E-state index contributed by atoms with van der Waals surface area (Å²) in [4.78, 5) is 12.3. The monoisotopic (exact) mass is 263 g/mol. The van der Waals surface area contributed by atoms with E-state index in [9.17, 15) is 4.79 Å². The van der Waals surface area contributed by atoms with Gasteiger partial charge in [-0.3, -0.25) is 4.79 Å². The van der Waals surface area contributed by atoms with Gasteiger partial charge in [-0.2, -0.15) is 5.26 Å². The van der Waals surface area contributed by atoms with Crippen LogP contribution in [0.25, 0.3) is 0 Å². The highest BCUT2D eigenvalue weighted by Gasteiger charge is 2.20. The first-order chi connectivity index (χ1) is 8.58. The van der Waals surface area contributed by atoms with E-state index >= 15 is 0 Å². The molecule has 0 radical (unpaired) electrons. The fourth-order valence-corrected chi connectivity index (χ4v) is 2.52. The van der Waals surface area contributed by atoms with Crippen LogP contribution >= 0.6 is 11.9 Å². The molecule has 0 aliphatic carbocycles. The third-order valence-corrected chi connectivity index (χ3v) is 3.59. The highest BCUT2D eigenvalue weighted by molar-refractivity contribution is 7.97. The summed E-state index contributed by atoms with van der Waals surface area (Å²) in [5.41, 5.74) is 6.01. The summed E-state index contributed by atoms with van der Waals surface area (Å²) in [5.74, 6) is -0.305. The van der Waals surface area contributed by atoms with Crippen LogP contribution in [0.2, 0.25) is 0 Å². The summed E-state index contributed by atoms with van der Waals surface area (Å²) in [6.45, 7) is 2.02. The van der Waals surface area contributed by atoms with Gasteiger partial charge in [0.2, 0.25) is 5.91 Å². The summed E-state index contributed by atoms with van der Waals surface area (Å²) in [5, 5.41) is 8.71. The second-order valence-corrected chi connectivity index (χ2v) is 5.21. The SMILES string of the molecule is CCCC(C(N)=O)N(C)Sc1ccc(C#N)cc1. The third-order valence-electron chi connectivity index (χ3n) is 2.56. The van der Waals surface area contributed by atoms with Crippen LogP contribution in [0, 0.1) is 11.3 Å². The number of hydrogen-bond acceptors (Lipinski definition) is 4. The van der Waals surface area contributed by atoms with Crippen LogP contribution in [0.15, 0.2) is 29.2 Å². The first kappa shape index (κ1) is 14.6. The molecule has 1 amide bonds. The third kappa shape index (κ3) is 4.06. The van der Waals surface area contributed by atoms with Gasteiger partial charge >= 0.3 is 0 Å². The molecule has 0 spiro atoms. The lowest BCUT2D eigenvalue weighted by molar-refractivity contribution is -0.121. The lowest BCUT2D eigenvalue weighted by atomic mass is 10.1. The van der Waals surface area contributed by atoms with E-state index in [1.807, 2.05) is 30.4 Å². The molecule has 0 aromatic heterocycles. The Morgan fingerprint density at radius 1 is 1.50 bits per heavy atom. The first-order valence-corrected chi connectivity index (χ1v) is 6.56. The molecular weight excluding hydrogens is 246 g/mol. The van der Waals surface area contributed by atoms with E-state index in [-0.39, 0.29) is 11.9 Å². The van der Waals surface area contributed by atoms with E-state index in [0.29, 0.717) is 5.56 Å². The molecule has 1 rings (SSSR count). The predicted octanol–water partition coefficient (Wildman–Crippen LogP) is 2.15. The second-order valence-electron chi connectivity index (χ2n) is 3.98. The van der Waals surface area contributed by atoms with Gasteiger partial charge in [0.15, 0.2) is 0 Å². The molecule has 0 fully saturated rings. The fourth-order valence-electron chi connectivity index (χ4n) is 1.60. The number of rotatable bonds is 6. The van der Waals surface area contributed by atoms with Crippen LogP contribution in [0.3, 0.4) is 0 Å². The van der Waals surface area contributed by atoms with Crippen molar-refractivity contribution in [2.24, 2.45) is 5.73 Å². The Balaban J connectivity index is 2.69. The van der Waals surface area contributed by atoms with Crippen molar-refractivity contribution in [1.29, 1.82) is 5.26 Å². The number of amides is 1. The van der Waals surface area contributed by atoms with E-state index in [2.05, 4.69) is 6.07 Å². The Kier molecular flexibility index (Phi) is 5.69. The zero-order valence-corrected chi connectivity index (χ0v) is 11.4. The van der Waals surface area contributed by atoms with E-state index < -0.39 is 0 Å². The summed E-state index contributed by atoms with van der Waals surface area (Å²) >= 11 is 1.46. The van der Waals surface area contributed by atoms with E-state index in [0.717, 1.165) is 17.7 Å². The van der Waals surface area contributed by atoms with Gasteiger partial charge < -0.3 is 5.73 Å². The highest BCUT2D eigenvalue weighted by atomic mass is 32.2. The predicted molar refractivity (Wildman–Crippen MR) is 72.7 cm³/mol. The second kappa shape index (κ2) is 7.04. The minimum atomic E-state index is -0.305. The van der Waals surface area contributed by atoms with Crippen molar-refractivity contribution in [3.05, 3.63) is 29.8 Å². The van der Waals surface area contributed by atoms with Gasteiger partial charge in [-0.05, 0) is 49.7 Å². The van der Waals surface area contributed by atoms with Crippen molar-refractivity contribution < 1.29 is 4.79 Å². The molecule has 0 heterocycles. The van der Waals surface area contributed by atoms with Crippen LogP contribution in [0.1, 0.15) is 25.3 Å². The van der Waals surface area contributed by atoms with Gasteiger partial charge in [-0.25, -0.2) is 4.31 Å². The number of nitrogens with zero attached hydrogens (tertiary/aromatic N) is 2. The van der Waals surface area contributed by atoms with E-state index in [1.165, 1.54) is 11.9 Å². The summed E-state index contributed by atoms with van der Waals surface area (Å²) in [7, 11) is 1.86. The van der Waals surface area contributed by atoms with Crippen LogP contribution in [0.4, 0.5) is 0 Å². The average Bonchev–Trinajstić information content (AvgIpc) is 2.36. The number of nitrogens with two attached hydrogens (primary N) is 1. The van der Waals surface area contributed by atoms with Gasteiger partial charge in [-0.1, -0.05) is 13.3 Å². The maximum absolute atomic E-state index is 11.3.